The summed E-state index contributed by atoms with van der Waals surface area (Å²) in [5.74, 6) is 0. The van der Waals surface area contributed by atoms with Gasteiger partial charge in [-0.15, -0.1) is 0 Å². The molecule has 0 saturated heterocycles. The summed E-state index contributed by atoms with van der Waals surface area (Å²) in [6.07, 6.45) is 8.99. The first-order valence-corrected chi connectivity index (χ1v) is 16.9. The third kappa shape index (κ3) is 5.59. The molecule has 0 aromatic heterocycles. The van der Waals surface area contributed by atoms with E-state index in [1.165, 1.54) is 77.9 Å². The molecule has 0 radical (unpaired) electrons. The highest BCUT2D eigenvalue weighted by molar-refractivity contribution is 5.85. The van der Waals surface area contributed by atoms with Crippen molar-refractivity contribution in [3.8, 4) is 22.3 Å². The minimum Gasteiger partial charge on any atom is -0.0622 e. The van der Waals surface area contributed by atoms with E-state index >= 15 is 0 Å². The summed E-state index contributed by atoms with van der Waals surface area (Å²) in [6, 6.07) is 54.2. The third-order valence-electron chi connectivity index (χ3n) is 10.4. The molecule has 228 valence electrons. The molecule has 0 fully saturated rings. The molecule has 0 bridgehead atoms. The maximum atomic E-state index is 2.57. The lowest BCUT2D eigenvalue weighted by Gasteiger charge is -2.38. The second-order valence-corrected chi connectivity index (χ2v) is 13.6. The van der Waals surface area contributed by atoms with Crippen LogP contribution in [0.5, 0.6) is 0 Å². The van der Waals surface area contributed by atoms with Crippen LogP contribution < -0.4 is 0 Å². The van der Waals surface area contributed by atoms with Gasteiger partial charge in [-0.1, -0.05) is 180 Å². The number of allylic oxidation sites excluding steroid dienone is 2. The Labute approximate surface area is 279 Å². The Morgan fingerprint density at radius 3 is 1.23 bits per heavy atom. The first-order valence-electron chi connectivity index (χ1n) is 16.9. The van der Waals surface area contributed by atoms with E-state index in [4.69, 9.17) is 0 Å². The van der Waals surface area contributed by atoms with E-state index in [0.29, 0.717) is 0 Å². The van der Waals surface area contributed by atoms with Crippen LogP contribution in [-0.4, -0.2) is 0 Å². The van der Waals surface area contributed by atoms with E-state index in [9.17, 15) is 0 Å². The van der Waals surface area contributed by atoms with E-state index in [-0.39, 0.29) is 5.41 Å². The van der Waals surface area contributed by atoms with Crippen molar-refractivity contribution in [2.75, 3.05) is 0 Å². The van der Waals surface area contributed by atoms with Gasteiger partial charge in [0, 0.05) is 5.41 Å². The van der Waals surface area contributed by atoms with E-state index in [1.54, 1.807) is 0 Å². The quantitative estimate of drug-likeness (QED) is 0.162. The molecular formula is C47H40. The van der Waals surface area contributed by atoms with Crippen LogP contribution in [0.3, 0.4) is 0 Å². The zero-order valence-electron chi connectivity index (χ0n) is 27.3. The van der Waals surface area contributed by atoms with Gasteiger partial charge in [-0.05, 0) is 95.2 Å². The summed E-state index contributed by atoms with van der Waals surface area (Å²) in [7, 11) is 0. The predicted octanol–water partition coefficient (Wildman–Crippen LogP) is 11.7. The Morgan fingerprint density at radius 1 is 0.426 bits per heavy atom. The molecule has 0 spiro atoms. The monoisotopic (exact) mass is 604 g/mol. The average Bonchev–Trinajstić information content (AvgIpc) is 3.76. The van der Waals surface area contributed by atoms with Crippen LogP contribution >= 0.6 is 0 Å². The van der Waals surface area contributed by atoms with Crippen LogP contribution in [0.4, 0.5) is 0 Å². The fourth-order valence-corrected chi connectivity index (χ4v) is 7.93. The molecule has 0 saturated carbocycles. The normalized spacial score (nSPS) is 13.6. The lowest BCUT2D eigenvalue weighted by molar-refractivity contribution is 0.414. The van der Waals surface area contributed by atoms with Crippen molar-refractivity contribution in [3.63, 3.8) is 0 Å². The standard InChI is InChI=1S/C47H40/c1-33-19-23-37(24-20-33)43-17-9-15-39-27-41(29-45(39)43)47(31-35-11-5-3-6-12-35,32-36-13-7-4-8-14-36)42-28-40-16-10-18-44(46(40)30-42)38-25-21-34(2)22-26-38/h3-26,29-30H,27-28,31-32H2,1-2H3. The first kappa shape index (κ1) is 29.2. The van der Waals surface area contributed by atoms with Gasteiger partial charge < -0.3 is 0 Å². The maximum absolute atomic E-state index is 2.57. The van der Waals surface area contributed by atoms with Crippen molar-refractivity contribution in [2.45, 2.75) is 39.5 Å². The molecule has 6 aromatic carbocycles. The Balaban J connectivity index is 1.32. The molecule has 6 aromatic rings. The molecule has 0 heteroatoms. The summed E-state index contributed by atoms with van der Waals surface area (Å²) < 4.78 is 0. The minimum absolute atomic E-state index is 0.185. The summed E-state index contributed by atoms with van der Waals surface area (Å²) >= 11 is 0. The molecule has 2 aliphatic rings. The Bertz CT molecular complexity index is 1950. The molecule has 0 amide bonds. The molecule has 47 heavy (non-hydrogen) atoms. The summed E-state index contributed by atoms with van der Waals surface area (Å²) in [4.78, 5) is 0. The molecule has 0 atom stereocenters. The van der Waals surface area contributed by atoms with Crippen LogP contribution in [0.1, 0.15) is 44.5 Å². The Morgan fingerprint density at radius 2 is 0.830 bits per heavy atom. The van der Waals surface area contributed by atoms with Crippen LogP contribution in [0.2, 0.25) is 0 Å². The Kier molecular flexibility index (Phi) is 7.58. The van der Waals surface area contributed by atoms with Crippen molar-refractivity contribution in [1.29, 1.82) is 0 Å². The van der Waals surface area contributed by atoms with E-state index in [0.717, 1.165) is 25.7 Å². The van der Waals surface area contributed by atoms with Gasteiger partial charge in [-0.25, -0.2) is 0 Å². The molecule has 0 heterocycles. The van der Waals surface area contributed by atoms with Gasteiger partial charge in [-0.3, -0.25) is 0 Å². The highest BCUT2D eigenvalue weighted by atomic mass is 14.4. The van der Waals surface area contributed by atoms with Gasteiger partial charge in [0.2, 0.25) is 0 Å². The number of benzene rings is 6. The van der Waals surface area contributed by atoms with Crippen LogP contribution in [0, 0.1) is 19.3 Å². The number of aryl methyl sites for hydroxylation is 2. The smallest absolute Gasteiger partial charge is 0.0214 e. The van der Waals surface area contributed by atoms with Gasteiger partial charge in [0.15, 0.2) is 0 Å². The fraction of sp³-hybridized carbons (Fsp3) is 0.149. The van der Waals surface area contributed by atoms with Crippen molar-refractivity contribution in [2.24, 2.45) is 5.41 Å². The van der Waals surface area contributed by atoms with E-state index in [1.807, 2.05) is 0 Å². The maximum Gasteiger partial charge on any atom is 0.0214 e. The highest BCUT2D eigenvalue weighted by Gasteiger charge is 2.42. The second-order valence-electron chi connectivity index (χ2n) is 13.6. The van der Waals surface area contributed by atoms with Crippen molar-refractivity contribution in [3.05, 3.63) is 201 Å². The number of hydrogen-bond acceptors (Lipinski definition) is 0. The molecule has 8 rings (SSSR count). The summed E-state index contributed by atoms with van der Waals surface area (Å²) in [5.41, 5.74) is 19.1. The van der Waals surface area contributed by atoms with Crippen LogP contribution in [0.15, 0.2) is 157 Å². The van der Waals surface area contributed by atoms with Gasteiger partial charge in [0.05, 0.1) is 0 Å². The predicted molar refractivity (Wildman–Crippen MR) is 199 cm³/mol. The largest absolute Gasteiger partial charge is 0.0622 e. The van der Waals surface area contributed by atoms with Crippen molar-refractivity contribution >= 4 is 12.2 Å². The van der Waals surface area contributed by atoms with Crippen molar-refractivity contribution in [1.82, 2.24) is 0 Å². The SMILES string of the molecule is Cc1ccc(-c2cccc3c2C=C(C(Cc2ccccc2)(Cc2ccccc2)C2=Cc4c(cccc4-c4ccc(C)cc4)C2)C3)cc1. The topological polar surface area (TPSA) is 0 Å². The number of rotatable bonds is 8. The zero-order valence-corrected chi connectivity index (χ0v) is 27.3. The molecule has 2 aliphatic carbocycles. The van der Waals surface area contributed by atoms with Gasteiger partial charge in [0.25, 0.3) is 0 Å². The van der Waals surface area contributed by atoms with Crippen LogP contribution in [0.25, 0.3) is 34.4 Å². The lowest BCUT2D eigenvalue weighted by Crippen LogP contribution is -2.32. The Hall–Kier alpha value is -5.20. The third-order valence-corrected chi connectivity index (χ3v) is 10.4. The number of fused-ring (bicyclic) bond motifs is 2. The zero-order chi connectivity index (χ0) is 31.8. The molecule has 0 unspecified atom stereocenters. The average molecular weight is 605 g/mol. The molecule has 0 N–H and O–H groups in total. The second kappa shape index (κ2) is 12.2. The van der Waals surface area contributed by atoms with Crippen molar-refractivity contribution < 1.29 is 0 Å². The van der Waals surface area contributed by atoms with Crippen LogP contribution in [-0.2, 0) is 25.7 Å². The fourth-order valence-electron chi connectivity index (χ4n) is 7.93. The minimum atomic E-state index is -0.185. The highest BCUT2D eigenvalue weighted by Crippen LogP contribution is 2.52. The summed E-state index contributed by atoms with van der Waals surface area (Å²) in [5, 5.41) is 0. The number of hydrogen-bond donors (Lipinski definition) is 0. The molecular weight excluding hydrogens is 565 g/mol. The van der Waals surface area contributed by atoms with E-state index in [2.05, 4.69) is 172 Å². The lowest BCUT2D eigenvalue weighted by atomic mass is 9.65. The van der Waals surface area contributed by atoms with E-state index < -0.39 is 0 Å². The van der Waals surface area contributed by atoms with Gasteiger partial charge >= 0.3 is 0 Å². The summed E-state index contributed by atoms with van der Waals surface area (Å²) in [6.45, 7) is 4.33. The first-order chi connectivity index (χ1) is 23.1. The molecule has 0 aliphatic heterocycles. The molecule has 0 nitrogen and oxygen atoms in total. The van der Waals surface area contributed by atoms with Gasteiger partial charge in [0.1, 0.15) is 0 Å². The van der Waals surface area contributed by atoms with Gasteiger partial charge in [-0.2, -0.15) is 0 Å².